The number of nitrogens with zero attached hydrogens (tertiary/aromatic N) is 1. The molecule has 0 fully saturated rings. The lowest BCUT2D eigenvalue weighted by Gasteiger charge is -2.17. The highest BCUT2D eigenvalue weighted by Gasteiger charge is 2.14. The van der Waals surface area contributed by atoms with Crippen molar-refractivity contribution in [3.8, 4) is 6.07 Å². The number of nitrogens with one attached hydrogen (secondary N) is 1. The van der Waals surface area contributed by atoms with Crippen LogP contribution in [0.1, 0.15) is 32.3 Å². The molecule has 0 radical (unpaired) electrons. The number of hydrogen-bond donors (Lipinski definition) is 2. The third-order valence-electron chi connectivity index (χ3n) is 2.04. The molecule has 1 rings (SSSR count). The van der Waals surface area contributed by atoms with Crippen LogP contribution in [0.15, 0.2) is 11.4 Å². The van der Waals surface area contributed by atoms with Crippen LogP contribution in [0.4, 0.5) is 5.00 Å². The molecule has 0 spiro atoms. The molecule has 1 amide bonds. The number of hydrogen-bond acceptors (Lipinski definition) is 4. The zero-order chi connectivity index (χ0) is 12.2. The molecule has 0 saturated carbocycles. The molecule has 16 heavy (non-hydrogen) atoms. The fourth-order valence-corrected chi connectivity index (χ4v) is 1.87. The molecule has 0 atom stereocenters. The Morgan fingerprint density at radius 1 is 1.69 bits per heavy atom. The monoisotopic (exact) mass is 237 g/mol. The summed E-state index contributed by atoms with van der Waals surface area (Å²) >= 11 is 1.35. The summed E-state index contributed by atoms with van der Waals surface area (Å²) in [5.74, 6) is -0.0996. The second kappa shape index (κ2) is 5.10. The van der Waals surface area contributed by atoms with Crippen molar-refractivity contribution >= 4 is 22.2 Å². The smallest absolute Gasteiger partial charge is 0.225 e. The minimum Gasteiger partial charge on any atom is -0.326 e. The number of amides is 1. The molecule has 1 heterocycles. The van der Waals surface area contributed by atoms with E-state index in [4.69, 9.17) is 11.0 Å². The Labute approximate surface area is 99.1 Å². The van der Waals surface area contributed by atoms with Gasteiger partial charge in [-0.1, -0.05) is 0 Å². The molecule has 0 aliphatic carbocycles. The predicted octanol–water partition coefficient (Wildman–Crippen LogP) is 2.08. The van der Waals surface area contributed by atoms with E-state index in [1.54, 1.807) is 11.4 Å². The molecular weight excluding hydrogens is 222 g/mol. The lowest BCUT2D eigenvalue weighted by Crippen LogP contribution is -2.33. The van der Waals surface area contributed by atoms with Crippen LogP contribution in [0.3, 0.4) is 0 Å². The summed E-state index contributed by atoms with van der Waals surface area (Å²) in [5.41, 5.74) is 5.95. The second-order valence-electron chi connectivity index (χ2n) is 4.31. The normalized spacial score (nSPS) is 10.9. The summed E-state index contributed by atoms with van der Waals surface area (Å²) in [4.78, 5) is 11.6. The molecule has 3 N–H and O–H groups in total. The molecule has 0 aromatic carbocycles. The number of thiophene rings is 1. The first-order valence-electron chi connectivity index (χ1n) is 4.99. The maximum atomic E-state index is 11.6. The van der Waals surface area contributed by atoms with E-state index in [9.17, 15) is 4.79 Å². The predicted molar refractivity (Wildman–Crippen MR) is 65.2 cm³/mol. The Bertz CT molecular complexity index is 412. The van der Waals surface area contributed by atoms with Crippen molar-refractivity contribution in [2.75, 3.05) is 5.32 Å². The maximum absolute atomic E-state index is 11.6. The van der Waals surface area contributed by atoms with Gasteiger partial charge < -0.3 is 11.1 Å². The van der Waals surface area contributed by atoms with E-state index in [1.807, 2.05) is 19.9 Å². The number of carbonyl (C=O) groups excluding carboxylic acids is 1. The molecule has 0 saturated heterocycles. The van der Waals surface area contributed by atoms with E-state index in [-0.39, 0.29) is 11.4 Å². The lowest BCUT2D eigenvalue weighted by atomic mass is 10.00. The van der Waals surface area contributed by atoms with Gasteiger partial charge in [-0.25, -0.2) is 0 Å². The highest BCUT2D eigenvalue weighted by atomic mass is 32.1. The zero-order valence-electron chi connectivity index (χ0n) is 9.41. The fourth-order valence-electron chi connectivity index (χ4n) is 1.12. The topological polar surface area (TPSA) is 78.9 Å². The molecule has 0 aliphatic rings. The van der Waals surface area contributed by atoms with E-state index in [1.165, 1.54) is 11.3 Å². The third kappa shape index (κ3) is 4.01. The maximum Gasteiger partial charge on any atom is 0.225 e. The minimum absolute atomic E-state index is 0.0996. The van der Waals surface area contributed by atoms with Gasteiger partial charge in [0, 0.05) is 12.0 Å². The zero-order valence-corrected chi connectivity index (χ0v) is 10.2. The Morgan fingerprint density at radius 3 is 2.94 bits per heavy atom. The number of nitriles is 1. The van der Waals surface area contributed by atoms with E-state index in [2.05, 4.69) is 5.32 Å². The van der Waals surface area contributed by atoms with Gasteiger partial charge in [0.15, 0.2) is 0 Å². The van der Waals surface area contributed by atoms with Crippen LogP contribution >= 0.6 is 11.3 Å². The first-order chi connectivity index (χ1) is 7.42. The van der Waals surface area contributed by atoms with Gasteiger partial charge in [-0.05, 0) is 31.7 Å². The molecule has 0 unspecified atom stereocenters. The Balaban J connectivity index is 2.50. The first kappa shape index (κ1) is 12.7. The average molecular weight is 237 g/mol. The van der Waals surface area contributed by atoms with Gasteiger partial charge in [0.2, 0.25) is 5.91 Å². The van der Waals surface area contributed by atoms with Gasteiger partial charge >= 0.3 is 0 Å². The van der Waals surface area contributed by atoms with Crippen LogP contribution in [0.5, 0.6) is 0 Å². The number of rotatable bonds is 4. The van der Waals surface area contributed by atoms with Crippen molar-refractivity contribution in [3.05, 3.63) is 17.0 Å². The summed E-state index contributed by atoms with van der Waals surface area (Å²) in [7, 11) is 0. The molecule has 1 aromatic heterocycles. The van der Waals surface area contributed by atoms with Gasteiger partial charge in [0.25, 0.3) is 0 Å². The van der Waals surface area contributed by atoms with Crippen LogP contribution in [0.25, 0.3) is 0 Å². The number of anilines is 1. The van der Waals surface area contributed by atoms with Crippen LogP contribution < -0.4 is 11.1 Å². The Morgan fingerprint density at radius 2 is 2.38 bits per heavy atom. The molecule has 0 aliphatic heterocycles. The van der Waals surface area contributed by atoms with E-state index >= 15 is 0 Å². The number of carbonyl (C=O) groups is 1. The van der Waals surface area contributed by atoms with Crippen molar-refractivity contribution in [1.29, 1.82) is 5.26 Å². The van der Waals surface area contributed by atoms with Crippen molar-refractivity contribution in [2.45, 2.75) is 32.2 Å². The summed E-state index contributed by atoms with van der Waals surface area (Å²) in [5, 5.41) is 13.9. The van der Waals surface area contributed by atoms with Crippen LogP contribution in [0.2, 0.25) is 0 Å². The molecule has 86 valence electrons. The quantitative estimate of drug-likeness (QED) is 0.841. The van der Waals surface area contributed by atoms with Gasteiger partial charge in [0.1, 0.15) is 11.1 Å². The summed E-state index contributed by atoms with van der Waals surface area (Å²) in [6.45, 7) is 3.76. The van der Waals surface area contributed by atoms with Crippen molar-refractivity contribution < 1.29 is 4.79 Å². The lowest BCUT2D eigenvalue weighted by molar-refractivity contribution is -0.116. The van der Waals surface area contributed by atoms with Gasteiger partial charge in [-0.2, -0.15) is 5.26 Å². The molecule has 1 aromatic rings. The summed E-state index contributed by atoms with van der Waals surface area (Å²) in [6, 6.07) is 3.71. The van der Waals surface area contributed by atoms with Crippen molar-refractivity contribution in [2.24, 2.45) is 5.73 Å². The van der Waals surface area contributed by atoms with Crippen LogP contribution in [-0.2, 0) is 4.79 Å². The van der Waals surface area contributed by atoms with Crippen molar-refractivity contribution in [1.82, 2.24) is 0 Å². The summed E-state index contributed by atoms with van der Waals surface area (Å²) in [6.07, 6.45) is 0.984. The second-order valence-corrected chi connectivity index (χ2v) is 5.23. The van der Waals surface area contributed by atoms with Crippen LogP contribution in [-0.4, -0.2) is 11.4 Å². The average Bonchev–Trinajstić information content (AvgIpc) is 2.61. The van der Waals surface area contributed by atoms with Gasteiger partial charge in [-0.15, -0.1) is 11.3 Å². The molecular formula is C11H15N3OS. The Hall–Kier alpha value is -1.38. The minimum atomic E-state index is -0.342. The SMILES string of the molecule is CC(C)(N)CCC(=O)Nc1sccc1C#N. The van der Waals surface area contributed by atoms with Gasteiger partial charge in [-0.3, -0.25) is 4.79 Å². The van der Waals surface area contributed by atoms with E-state index in [0.717, 1.165) is 0 Å². The van der Waals surface area contributed by atoms with Gasteiger partial charge in [0.05, 0.1) is 5.56 Å². The van der Waals surface area contributed by atoms with E-state index < -0.39 is 0 Å². The standard InChI is InChI=1S/C11H15N3OS/c1-11(2,13)5-3-9(15)14-10-8(7-12)4-6-16-10/h4,6H,3,5,13H2,1-2H3,(H,14,15). The third-order valence-corrected chi connectivity index (χ3v) is 2.86. The largest absolute Gasteiger partial charge is 0.326 e. The number of nitrogens with two attached hydrogens (primary N) is 1. The highest BCUT2D eigenvalue weighted by molar-refractivity contribution is 7.14. The summed E-state index contributed by atoms with van der Waals surface area (Å²) < 4.78 is 0. The Kier molecular flexibility index (Phi) is 4.05. The molecule has 5 heteroatoms. The first-order valence-corrected chi connectivity index (χ1v) is 5.87. The van der Waals surface area contributed by atoms with E-state index in [0.29, 0.717) is 23.4 Å². The molecule has 0 bridgehead atoms. The van der Waals surface area contributed by atoms with Crippen molar-refractivity contribution in [3.63, 3.8) is 0 Å². The van der Waals surface area contributed by atoms with Crippen LogP contribution in [0, 0.1) is 11.3 Å². The highest BCUT2D eigenvalue weighted by Crippen LogP contribution is 2.22. The fraction of sp³-hybridized carbons (Fsp3) is 0.455. The molecule has 4 nitrogen and oxygen atoms in total.